The van der Waals surface area contributed by atoms with Gasteiger partial charge in [0.15, 0.2) is 5.60 Å². The number of aromatic amines is 1. The molecule has 0 aromatic carbocycles. The maximum absolute atomic E-state index is 12.7. The van der Waals surface area contributed by atoms with E-state index in [0.717, 1.165) is 0 Å². The Morgan fingerprint density at radius 3 is 2.61 bits per heavy atom. The van der Waals surface area contributed by atoms with Crippen LogP contribution in [-0.4, -0.2) is 45.2 Å². The predicted molar refractivity (Wildman–Crippen MR) is 57.9 cm³/mol. The number of nitrogens with one attached hydrogen (secondary N) is 1. The second-order valence-electron chi connectivity index (χ2n) is 4.39. The molecule has 0 aliphatic carbocycles. The lowest BCUT2D eigenvalue weighted by atomic mass is 9.94. The van der Waals surface area contributed by atoms with Gasteiger partial charge in [0.2, 0.25) is 11.9 Å². The molecule has 1 aromatic heterocycles. The third-order valence-electron chi connectivity index (χ3n) is 3.12. The zero-order valence-electron chi connectivity index (χ0n) is 9.54. The molecule has 2 rings (SSSR count). The van der Waals surface area contributed by atoms with Crippen molar-refractivity contribution in [1.29, 1.82) is 0 Å². The molecule has 102 valence electrons. The second-order valence-corrected chi connectivity index (χ2v) is 4.39. The van der Waals surface area contributed by atoms with Crippen molar-refractivity contribution >= 4 is 11.9 Å². The van der Waals surface area contributed by atoms with Crippen molar-refractivity contribution < 1.29 is 18.3 Å². The Kier molecular flexibility index (Phi) is 3.09. The molecule has 4 N–H and O–H groups in total. The van der Waals surface area contributed by atoms with Crippen LogP contribution < -0.4 is 10.6 Å². The molecule has 1 atom stereocenters. The van der Waals surface area contributed by atoms with Gasteiger partial charge in [-0.25, -0.2) is 5.10 Å². The molecule has 2 heterocycles. The van der Waals surface area contributed by atoms with Crippen molar-refractivity contribution in [1.82, 2.24) is 15.2 Å². The highest BCUT2D eigenvalue weighted by Gasteiger charge is 2.53. The van der Waals surface area contributed by atoms with E-state index in [-0.39, 0.29) is 31.3 Å². The molecule has 0 bridgehead atoms. The van der Waals surface area contributed by atoms with Crippen molar-refractivity contribution in [3.8, 4) is 0 Å². The molecule has 0 spiro atoms. The Labute approximate surface area is 101 Å². The number of nitrogens with zero attached hydrogens (tertiary/aromatic N) is 3. The van der Waals surface area contributed by atoms with E-state index in [9.17, 15) is 18.3 Å². The quantitative estimate of drug-likeness (QED) is 0.694. The third kappa shape index (κ3) is 2.35. The topological polar surface area (TPSA) is 91.1 Å². The summed E-state index contributed by atoms with van der Waals surface area (Å²) in [6.45, 7) is 0.392. The van der Waals surface area contributed by atoms with Gasteiger partial charge in [-0.15, -0.1) is 5.10 Å². The van der Waals surface area contributed by atoms with Crippen LogP contribution in [0.2, 0.25) is 0 Å². The van der Waals surface area contributed by atoms with E-state index >= 15 is 0 Å². The minimum absolute atomic E-state index is 0.0350. The minimum atomic E-state index is -4.61. The molecular weight excluding hydrogens is 251 g/mol. The Morgan fingerprint density at radius 1 is 1.33 bits per heavy atom. The number of H-pyrrole nitrogens is 1. The number of rotatable bonds is 1. The van der Waals surface area contributed by atoms with Crippen LogP contribution in [0, 0.1) is 0 Å². The number of aromatic nitrogens is 3. The lowest BCUT2D eigenvalue weighted by Gasteiger charge is -2.29. The number of nitrogen functional groups attached to an aromatic ring is 1. The first-order valence-electron chi connectivity index (χ1n) is 5.54. The molecule has 9 heteroatoms. The molecule has 1 fully saturated rings. The van der Waals surface area contributed by atoms with Crippen LogP contribution in [0.1, 0.15) is 19.3 Å². The van der Waals surface area contributed by atoms with Crippen molar-refractivity contribution in [2.45, 2.75) is 31.0 Å². The highest BCUT2D eigenvalue weighted by molar-refractivity contribution is 5.34. The maximum atomic E-state index is 12.7. The monoisotopic (exact) mass is 265 g/mol. The first-order valence-corrected chi connectivity index (χ1v) is 5.54. The largest absolute Gasteiger partial charge is 0.417 e. The zero-order valence-corrected chi connectivity index (χ0v) is 9.54. The van der Waals surface area contributed by atoms with E-state index in [1.165, 1.54) is 0 Å². The first kappa shape index (κ1) is 12.9. The standard InChI is InChI=1S/C9H14F3N5O/c10-9(11,12)8(18)2-1-4-17(5-3-8)7-14-6(13)15-16-7/h18H,1-5H2,(H3,13,14,15,16). The van der Waals surface area contributed by atoms with E-state index in [0.29, 0.717) is 6.54 Å². The lowest BCUT2D eigenvalue weighted by molar-refractivity contribution is -0.263. The fourth-order valence-electron chi connectivity index (χ4n) is 2.01. The highest BCUT2D eigenvalue weighted by Crippen LogP contribution is 2.38. The SMILES string of the molecule is Nc1nc(N2CCCC(O)(C(F)(F)F)CC2)n[nH]1. The van der Waals surface area contributed by atoms with Gasteiger partial charge in [-0.05, 0) is 12.8 Å². The Balaban J connectivity index is 2.09. The van der Waals surface area contributed by atoms with Gasteiger partial charge in [0.05, 0.1) is 0 Å². The summed E-state index contributed by atoms with van der Waals surface area (Å²) in [6, 6.07) is 0. The number of halogens is 3. The average molecular weight is 265 g/mol. The summed E-state index contributed by atoms with van der Waals surface area (Å²) < 4.78 is 38.1. The molecule has 1 saturated heterocycles. The Hall–Kier alpha value is -1.51. The lowest BCUT2D eigenvalue weighted by Crippen LogP contribution is -2.45. The molecule has 18 heavy (non-hydrogen) atoms. The van der Waals surface area contributed by atoms with E-state index < -0.39 is 18.2 Å². The van der Waals surface area contributed by atoms with Gasteiger partial charge in [-0.3, -0.25) is 0 Å². The number of alkyl halides is 3. The van der Waals surface area contributed by atoms with Crippen molar-refractivity contribution in [3.63, 3.8) is 0 Å². The van der Waals surface area contributed by atoms with Crippen molar-refractivity contribution in [2.75, 3.05) is 23.7 Å². The number of hydrogen-bond donors (Lipinski definition) is 3. The maximum Gasteiger partial charge on any atom is 0.417 e. The van der Waals surface area contributed by atoms with Crippen molar-refractivity contribution in [2.24, 2.45) is 0 Å². The van der Waals surface area contributed by atoms with Crippen LogP contribution in [0.4, 0.5) is 25.1 Å². The van der Waals surface area contributed by atoms with E-state index in [1.54, 1.807) is 4.90 Å². The van der Waals surface area contributed by atoms with Crippen LogP contribution in [0.15, 0.2) is 0 Å². The fraction of sp³-hybridized carbons (Fsp3) is 0.778. The summed E-state index contributed by atoms with van der Waals surface area (Å²) in [5, 5.41) is 15.9. The van der Waals surface area contributed by atoms with Crippen LogP contribution >= 0.6 is 0 Å². The summed E-state index contributed by atoms with van der Waals surface area (Å²) in [4.78, 5) is 5.44. The van der Waals surface area contributed by atoms with E-state index in [1.807, 2.05) is 0 Å². The number of aliphatic hydroxyl groups is 1. The van der Waals surface area contributed by atoms with Gasteiger partial charge in [0, 0.05) is 19.5 Å². The summed E-state index contributed by atoms with van der Waals surface area (Å²) in [5.74, 6) is 0.374. The van der Waals surface area contributed by atoms with Gasteiger partial charge in [0.25, 0.3) is 0 Å². The smallest absolute Gasteiger partial charge is 0.380 e. The summed E-state index contributed by atoms with van der Waals surface area (Å²) in [6.07, 6.45) is -5.11. The summed E-state index contributed by atoms with van der Waals surface area (Å²) >= 11 is 0. The van der Waals surface area contributed by atoms with Gasteiger partial charge < -0.3 is 15.7 Å². The molecule has 1 unspecified atom stereocenters. The number of nitrogens with two attached hydrogens (primary N) is 1. The number of anilines is 2. The zero-order chi connectivity index (χ0) is 13.4. The summed E-state index contributed by atoms with van der Waals surface area (Å²) in [5.41, 5.74) is 2.74. The molecule has 1 aliphatic rings. The van der Waals surface area contributed by atoms with Crippen molar-refractivity contribution in [3.05, 3.63) is 0 Å². The first-order chi connectivity index (χ1) is 8.32. The second kappa shape index (κ2) is 4.30. The Morgan fingerprint density at radius 2 is 2.06 bits per heavy atom. The van der Waals surface area contributed by atoms with Crippen LogP contribution in [0.3, 0.4) is 0 Å². The molecular formula is C9H14F3N5O. The normalized spacial score (nSPS) is 26.1. The Bertz CT molecular complexity index is 421. The third-order valence-corrected chi connectivity index (χ3v) is 3.12. The molecule has 0 saturated carbocycles. The summed E-state index contributed by atoms with van der Waals surface area (Å²) in [7, 11) is 0. The fourth-order valence-corrected chi connectivity index (χ4v) is 2.01. The van der Waals surface area contributed by atoms with Crippen LogP contribution in [0.25, 0.3) is 0 Å². The van der Waals surface area contributed by atoms with Gasteiger partial charge in [-0.2, -0.15) is 18.2 Å². The molecule has 1 aromatic rings. The van der Waals surface area contributed by atoms with Gasteiger partial charge >= 0.3 is 6.18 Å². The van der Waals surface area contributed by atoms with E-state index in [4.69, 9.17) is 5.73 Å². The van der Waals surface area contributed by atoms with Crippen LogP contribution in [0.5, 0.6) is 0 Å². The molecule has 0 amide bonds. The van der Waals surface area contributed by atoms with Gasteiger partial charge in [0.1, 0.15) is 0 Å². The number of hydrogen-bond acceptors (Lipinski definition) is 5. The molecule has 0 radical (unpaired) electrons. The predicted octanol–water partition coefficient (Wildman–Crippen LogP) is 0.671. The highest BCUT2D eigenvalue weighted by atomic mass is 19.4. The van der Waals surface area contributed by atoms with Crippen LogP contribution in [-0.2, 0) is 0 Å². The average Bonchev–Trinajstić information content (AvgIpc) is 2.57. The molecule has 6 nitrogen and oxygen atoms in total. The van der Waals surface area contributed by atoms with E-state index in [2.05, 4.69) is 15.2 Å². The van der Waals surface area contributed by atoms with Gasteiger partial charge in [-0.1, -0.05) is 0 Å². The molecule has 1 aliphatic heterocycles. The minimum Gasteiger partial charge on any atom is -0.380 e.